The van der Waals surface area contributed by atoms with Gasteiger partial charge in [0.1, 0.15) is 5.01 Å². The van der Waals surface area contributed by atoms with Gasteiger partial charge in [-0.05, 0) is 30.3 Å². The summed E-state index contributed by atoms with van der Waals surface area (Å²) in [5, 5.41) is 3.91. The van der Waals surface area contributed by atoms with Crippen molar-refractivity contribution in [3.05, 3.63) is 74.0 Å². The maximum absolute atomic E-state index is 12.7. The molecule has 0 radical (unpaired) electrons. The van der Waals surface area contributed by atoms with Crippen LogP contribution in [0.3, 0.4) is 0 Å². The topological polar surface area (TPSA) is 36.4 Å². The van der Waals surface area contributed by atoms with Gasteiger partial charge in [-0.3, -0.25) is 9.69 Å². The Morgan fingerprint density at radius 2 is 1.86 bits per heavy atom. The quantitative estimate of drug-likeness (QED) is 0.520. The van der Waals surface area contributed by atoms with Crippen LogP contribution < -0.4 is 0 Å². The first-order valence-electron chi connectivity index (χ1n) is 9.06. The number of halogens is 2. The molecule has 1 saturated heterocycles. The van der Waals surface area contributed by atoms with Crippen LogP contribution in [-0.2, 0) is 6.54 Å². The Morgan fingerprint density at radius 3 is 2.57 bits per heavy atom. The first-order chi connectivity index (χ1) is 13.6. The second kappa shape index (κ2) is 8.74. The van der Waals surface area contributed by atoms with Crippen molar-refractivity contribution in [3.8, 4) is 11.3 Å². The summed E-state index contributed by atoms with van der Waals surface area (Å²) >= 11 is 11.1. The van der Waals surface area contributed by atoms with Gasteiger partial charge < -0.3 is 4.90 Å². The largest absolute Gasteiger partial charge is 0.336 e. The van der Waals surface area contributed by atoms with Gasteiger partial charge in [-0.1, -0.05) is 45.7 Å². The Morgan fingerprint density at radius 1 is 1.11 bits per heavy atom. The molecule has 2 heterocycles. The maximum atomic E-state index is 12.7. The molecule has 1 aliphatic heterocycles. The number of carbonyl (C=O) groups is 1. The summed E-state index contributed by atoms with van der Waals surface area (Å²) in [6, 6.07) is 15.3. The molecule has 0 bridgehead atoms. The molecule has 0 atom stereocenters. The highest BCUT2D eigenvalue weighted by Gasteiger charge is 2.23. The number of hydrogen-bond acceptors (Lipinski definition) is 4. The SMILES string of the molecule is O=C(c1cccc(Br)c1)N1CCN(Cc2nc(-c3ccc(Cl)cc3)cs2)CC1. The number of carbonyl (C=O) groups excluding carboxylic acids is 1. The molecule has 4 rings (SSSR count). The van der Waals surface area contributed by atoms with Crippen LogP contribution in [0.5, 0.6) is 0 Å². The monoisotopic (exact) mass is 475 g/mol. The van der Waals surface area contributed by atoms with E-state index in [9.17, 15) is 4.79 Å². The maximum Gasteiger partial charge on any atom is 0.253 e. The molecule has 3 aromatic rings. The van der Waals surface area contributed by atoms with Crippen LogP contribution in [0.25, 0.3) is 11.3 Å². The highest BCUT2D eigenvalue weighted by atomic mass is 79.9. The minimum Gasteiger partial charge on any atom is -0.336 e. The lowest BCUT2D eigenvalue weighted by atomic mass is 10.2. The molecule has 4 nitrogen and oxygen atoms in total. The van der Waals surface area contributed by atoms with E-state index < -0.39 is 0 Å². The van der Waals surface area contributed by atoms with E-state index >= 15 is 0 Å². The highest BCUT2D eigenvalue weighted by Crippen LogP contribution is 2.24. The lowest BCUT2D eigenvalue weighted by Gasteiger charge is -2.34. The average Bonchev–Trinajstić information content (AvgIpc) is 3.17. The summed E-state index contributed by atoms with van der Waals surface area (Å²) in [7, 11) is 0. The second-order valence-corrected chi connectivity index (χ2v) is 9.01. The number of aromatic nitrogens is 1. The zero-order chi connectivity index (χ0) is 19.5. The molecule has 1 aromatic heterocycles. The molecular weight excluding hydrogens is 458 g/mol. The summed E-state index contributed by atoms with van der Waals surface area (Å²) in [6.45, 7) is 4.00. The molecule has 0 unspecified atom stereocenters. The molecule has 7 heteroatoms. The van der Waals surface area contributed by atoms with Crippen LogP contribution in [0.4, 0.5) is 0 Å². The van der Waals surface area contributed by atoms with E-state index in [1.807, 2.05) is 53.4 Å². The first kappa shape index (κ1) is 19.6. The van der Waals surface area contributed by atoms with Crippen molar-refractivity contribution in [1.82, 2.24) is 14.8 Å². The third kappa shape index (κ3) is 4.63. The lowest BCUT2D eigenvalue weighted by Crippen LogP contribution is -2.48. The Labute approximate surface area is 181 Å². The number of thiazole rings is 1. The van der Waals surface area contributed by atoms with Crippen LogP contribution >= 0.6 is 38.9 Å². The van der Waals surface area contributed by atoms with E-state index in [-0.39, 0.29) is 5.91 Å². The van der Waals surface area contributed by atoms with Gasteiger partial charge in [0.05, 0.1) is 12.2 Å². The fraction of sp³-hybridized carbons (Fsp3) is 0.238. The van der Waals surface area contributed by atoms with Crippen LogP contribution in [0.2, 0.25) is 5.02 Å². The van der Waals surface area contributed by atoms with Gasteiger partial charge in [0.2, 0.25) is 0 Å². The molecule has 28 heavy (non-hydrogen) atoms. The van der Waals surface area contributed by atoms with Crippen molar-refractivity contribution in [2.45, 2.75) is 6.54 Å². The molecule has 144 valence electrons. The van der Waals surface area contributed by atoms with Gasteiger partial charge in [0.15, 0.2) is 0 Å². The van der Waals surface area contributed by atoms with Gasteiger partial charge in [-0.25, -0.2) is 4.98 Å². The minimum atomic E-state index is 0.0974. The summed E-state index contributed by atoms with van der Waals surface area (Å²) in [4.78, 5) is 21.7. The molecule has 1 aliphatic rings. The van der Waals surface area contributed by atoms with Gasteiger partial charge >= 0.3 is 0 Å². The number of amides is 1. The molecule has 1 amide bonds. The smallest absolute Gasteiger partial charge is 0.253 e. The summed E-state index contributed by atoms with van der Waals surface area (Å²) in [5.74, 6) is 0.0974. The third-order valence-electron chi connectivity index (χ3n) is 4.78. The molecule has 2 aromatic carbocycles. The van der Waals surface area contributed by atoms with E-state index in [1.54, 1.807) is 11.3 Å². The van der Waals surface area contributed by atoms with E-state index in [4.69, 9.17) is 16.6 Å². The summed E-state index contributed by atoms with van der Waals surface area (Å²) in [5.41, 5.74) is 2.80. The second-order valence-electron chi connectivity index (χ2n) is 6.71. The standard InChI is InChI=1S/C21H19BrClN3OS/c22-17-3-1-2-16(12-17)21(27)26-10-8-25(9-11-26)13-20-24-19(14-28-20)15-4-6-18(23)7-5-15/h1-7,12,14H,8-11,13H2. The Bertz CT molecular complexity index is 968. The van der Waals surface area contributed by atoms with Gasteiger partial charge in [0, 0.05) is 52.2 Å². The van der Waals surface area contributed by atoms with Crippen LogP contribution in [0, 0.1) is 0 Å². The fourth-order valence-electron chi connectivity index (χ4n) is 3.24. The zero-order valence-corrected chi connectivity index (χ0v) is 18.3. The zero-order valence-electron chi connectivity index (χ0n) is 15.1. The van der Waals surface area contributed by atoms with E-state index in [1.165, 1.54) is 0 Å². The molecule has 0 saturated carbocycles. The molecular formula is C21H19BrClN3OS. The molecule has 0 spiro atoms. The van der Waals surface area contributed by atoms with Crippen molar-refractivity contribution in [3.63, 3.8) is 0 Å². The lowest BCUT2D eigenvalue weighted by molar-refractivity contribution is 0.0628. The van der Waals surface area contributed by atoms with E-state index in [0.717, 1.165) is 64.0 Å². The van der Waals surface area contributed by atoms with Gasteiger partial charge in [0.25, 0.3) is 5.91 Å². The highest BCUT2D eigenvalue weighted by molar-refractivity contribution is 9.10. The number of rotatable bonds is 4. The molecule has 0 N–H and O–H groups in total. The van der Waals surface area contributed by atoms with Crippen molar-refractivity contribution >= 4 is 44.8 Å². The van der Waals surface area contributed by atoms with Gasteiger partial charge in [-0.15, -0.1) is 11.3 Å². The van der Waals surface area contributed by atoms with Crippen LogP contribution in [0.15, 0.2) is 58.4 Å². The first-order valence-corrected chi connectivity index (χ1v) is 11.1. The van der Waals surface area contributed by atoms with Crippen molar-refractivity contribution in [2.75, 3.05) is 26.2 Å². The van der Waals surface area contributed by atoms with E-state index in [2.05, 4.69) is 26.2 Å². The number of piperazine rings is 1. The van der Waals surface area contributed by atoms with Crippen LogP contribution in [-0.4, -0.2) is 46.9 Å². The molecule has 1 fully saturated rings. The summed E-state index contributed by atoms with van der Waals surface area (Å²) in [6.07, 6.45) is 0. The van der Waals surface area contributed by atoms with Crippen molar-refractivity contribution in [2.24, 2.45) is 0 Å². The number of nitrogens with zero attached hydrogens (tertiary/aromatic N) is 3. The van der Waals surface area contributed by atoms with Crippen LogP contribution in [0.1, 0.15) is 15.4 Å². The minimum absolute atomic E-state index is 0.0974. The third-order valence-corrected chi connectivity index (χ3v) is 6.36. The van der Waals surface area contributed by atoms with Gasteiger partial charge in [-0.2, -0.15) is 0 Å². The molecule has 0 aliphatic carbocycles. The van der Waals surface area contributed by atoms with Crippen molar-refractivity contribution in [1.29, 1.82) is 0 Å². The Hall–Kier alpha value is -1.73. The predicted molar refractivity (Wildman–Crippen MR) is 118 cm³/mol. The predicted octanol–water partition coefficient (Wildman–Crippen LogP) is 5.18. The average molecular weight is 477 g/mol. The number of hydrogen-bond donors (Lipinski definition) is 0. The Balaban J connectivity index is 1.33. The summed E-state index contributed by atoms with van der Waals surface area (Å²) < 4.78 is 0.928. The van der Waals surface area contributed by atoms with E-state index in [0.29, 0.717) is 0 Å². The fourth-order valence-corrected chi connectivity index (χ4v) is 4.61. The number of benzene rings is 2. The normalized spacial score (nSPS) is 15.0. The Kier molecular flexibility index (Phi) is 6.11. The van der Waals surface area contributed by atoms with Crippen molar-refractivity contribution < 1.29 is 4.79 Å².